The number of hydrogen-bond donors (Lipinski definition) is 1. The minimum absolute atomic E-state index is 0.0452. The summed E-state index contributed by atoms with van der Waals surface area (Å²) in [6.07, 6.45) is 0. The molecule has 0 bridgehead atoms. The van der Waals surface area contributed by atoms with Gasteiger partial charge in [-0.2, -0.15) is 0 Å². The second kappa shape index (κ2) is 6.89. The van der Waals surface area contributed by atoms with E-state index >= 15 is 0 Å². The predicted molar refractivity (Wildman–Crippen MR) is 101 cm³/mol. The van der Waals surface area contributed by atoms with Gasteiger partial charge in [0.25, 0.3) is 5.91 Å². The lowest BCUT2D eigenvalue weighted by atomic mass is 9.98. The molecule has 0 saturated carbocycles. The van der Waals surface area contributed by atoms with Gasteiger partial charge in [-0.1, -0.05) is 54.6 Å². The highest BCUT2D eigenvalue weighted by molar-refractivity contribution is 6.01. The number of carbonyl (C=O) groups is 2. The van der Waals surface area contributed by atoms with Crippen LogP contribution in [0.4, 0.5) is 0 Å². The molecule has 1 atom stereocenters. The van der Waals surface area contributed by atoms with Crippen LogP contribution in [-0.4, -0.2) is 11.7 Å². The van der Waals surface area contributed by atoms with Crippen LogP contribution in [0.3, 0.4) is 0 Å². The highest BCUT2D eigenvalue weighted by Crippen LogP contribution is 2.24. The minimum Gasteiger partial charge on any atom is -0.345 e. The van der Waals surface area contributed by atoms with Crippen molar-refractivity contribution in [2.24, 2.45) is 0 Å². The van der Waals surface area contributed by atoms with E-state index in [4.69, 9.17) is 0 Å². The molecule has 0 unspecified atom stereocenters. The molecule has 0 heterocycles. The lowest BCUT2D eigenvalue weighted by molar-refractivity contribution is 0.0939. The number of benzene rings is 3. The summed E-state index contributed by atoms with van der Waals surface area (Å²) in [4.78, 5) is 24.3. The van der Waals surface area contributed by atoms with Crippen molar-refractivity contribution in [2.45, 2.75) is 26.8 Å². The maximum atomic E-state index is 12.7. The van der Waals surface area contributed by atoms with Gasteiger partial charge in [-0.05, 0) is 48.7 Å². The smallest absolute Gasteiger partial charge is 0.252 e. The first-order valence-corrected chi connectivity index (χ1v) is 8.37. The molecule has 3 aromatic carbocycles. The standard InChI is InChI=1S/C22H21NO2/c1-14-11-12-18(16(3)24)13-21(14)22(25)23-15(2)19-10-6-8-17-7-4-5-9-20(17)19/h4-13,15H,1-3H3,(H,23,25)/t15-/m1/s1. The predicted octanol–water partition coefficient (Wildman–Crippen LogP) is 4.84. The lowest BCUT2D eigenvalue weighted by Crippen LogP contribution is -2.27. The van der Waals surface area contributed by atoms with Crippen LogP contribution in [0.1, 0.15) is 51.7 Å². The van der Waals surface area contributed by atoms with Gasteiger partial charge in [0.2, 0.25) is 0 Å². The van der Waals surface area contributed by atoms with Gasteiger partial charge in [-0.15, -0.1) is 0 Å². The fourth-order valence-electron chi connectivity index (χ4n) is 3.07. The molecule has 0 aliphatic rings. The number of amides is 1. The number of nitrogens with one attached hydrogen (secondary N) is 1. The van der Waals surface area contributed by atoms with Gasteiger partial charge in [0.15, 0.2) is 5.78 Å². The number of aryl methyl sites for hydroxylation is 1. The summed E-state index contributed by atoms with van der Waals surface area (Å²) >= 11 is 0. The summed E-state index contributed by atoms with van der Waals surface area (Å²) in [7, 11) is 0. The fraction of sp³-hybridized carbons (Fsp3) is 0.182. The summed E-state index contributed by atoms with van der Waals surface area (Å²) in [6.45, 7) is 5.36. The molecule has 126 valence electrons. The van der Waals surface area contributed by atoms with Crippen molar-refractivity contribution in [2.75, 3.05) is 0 Å². The number of Topliss-reactive ketones (excluding diaryl/α,β-unsaturated/α-hetero) is 1. The third kappa shape index (κ3) is 3.45. The van der Waals surface area contributed by atoms with Crippen LogP contribution in [0.2, 0.25) is 0 Å². The molecule has 3 rings (SSSR count). The molecule has 0 aliphatic heterocycles. The summed E-state index contributed by atoms with van der Waals surface area (Å²) < 4.78 is 0. The van der Waals surface area contributed by atoms with Crippen LogP contribution in [-0.2, 0) is 0 Å². The van der Waals surface area contributed by atoms with E-state index in [-0.39, 0.29) is 17.7 Å². The van der Waals surface area contributed by atoms with E-state index in [1.807, 2.05) is 44.2 Å². The van der Waals surface area contributed by atoms with Crippen molar-refractivity contribution < 1.29 is 9.59 Å². The first-order chi connectivity index (χ1) is 12.0. The van der Waals surface area contributed by atoms with Crippen LogP contribution in [0.5, 0.6) is 0 Å². The van der Waals surface area contributed by atoms with E-state index in [9.17, 15) is 9.59 Å². The number of rotatable bonds is 4. The first-order valence-electron chi connectivity index (χ1n) is 8.37. The number of carbonyl (C=O) groups excluding carboxylic acids is 2. The van der Waals surface area contributed by atoms with E-state index < -0.39 is 0 Å². The summed E-state index contributed by atoms with van der Waals surface area (Å²) in [6, 6.07) is 19.3. The molecule has 1 N–H and O–H groups in total. The molecule has 0 radical (unpaired) electrons. The van der Waals surface area contributed by atoms with Gasteiger partial charge < -0.3 is 5.32 Å². The maximum Gasteiger partial charge on any atom is 0.252 e. The Kier molecular flexibility index (Phi) is 4.66. The van der Waals surface area contributed by atoms with Crippen LogP contribution in [0.15, 0.2) is 60.7 Å². The number of hydrogen-bond acceptors (Lipinski definition) is 2. The fourth-order valence-corrected chi connectivity index (χ4v) is 3.07. The molecule has 3 aromatic rings. The normalized spacial score (nSPS) is 12.0. The average Bonchev–Trinajstić information content (AvgIpc) is 2.61. The molecular formula is C22H21NO2. The Hall–Kier alpha value is -2.94. The SMILES string of the molecule is CC(=O)c1ccc(C)c(C(=O)N[C@H](C)c2cccc3ccccc23)c1. The monoisotopic (exact) mass is 331 g/mol. The van der Waals surface area contributed by atoms with E-state index in [0.29, 0.717) is 11.1 Å². The van der Waals surface area contributed by atoms with Crippen molar-refractivity contribution in [1.29, 1.82) is 0 Å². The highest BCUT2D eigenvalue weighted by atomic mass is 16.1. The first kappa shape index (κ1) is 16.9. The van der Waals surface area contributed by atoms with E-state index in [1.165, 1.54) is 6.92 Å². The summed E-state index contributed by atoms with van der Waals surface area (Å²) in [5.41, 5.74) is 3.02. The zero-order chi connectivity index (χ0) is 18.0. The van der Waals surface area contributed by atoms with Crippen molar-refractivity contribution in [1.82, 2.24) is 5.32 Å². The third-order valence-electron chi connectivity index (χ3n) is 4.53. The summed E-state index contributed by atoms with van der Waals surface area (Å²) in [5.74, 6) is -0.211. The number of fused-ring (bicyclic) bond motifs is 1. The van der Waals surface area contributed by atoms with E-state index in [2.05, 4.69) is 23.5 Å². The number of ketones is 1. The quantitative estimate of drug-likeness (QED) is 0.695. The Labute approximate surface area is 147 Å². The molecule has 0 aromatic heterocycles. The molecule has 0 fully saturated rings. The molecule has 3 nitrogen and oxygen atoms in total. The van der Waals surface area contributed by atoms with Crippen molar-refractivity contribution >= 4 is 22.5 Å². The molecule has 0 aliphatic carbocycles. The van der Waals surface area contributed by atoms with Crippen molar-refractivity contribution in [3.05, 3.63) is 82.9 Å². The zero-order valence-electron chi connectivity index (χ0n) is 14.7. The molecule has 0 saturated heterocycles. The van der Waals surface area contributed by atoms with Gasteiger partial charge >= 0.3 is 0 Å². The topological polar surface area (TPSA) is 46.2 Å². The second-order valence-corrected chi connectivity index (χ2v) is 6.35. The molecular weight excluding hydrogens is 310 g/mol. The van der Waals surface area contributed by atoms with Crippen molar-refractivity contribution in [3.8, 4) is 0 Å². The Morgan fingerprint density at radius 1 is 0.960 bits per heavy atom. The average molecular weight is 331 g/mol. The highest BCUT2D eigenvalue weighted by Gasteiger charge is 2.16. The summed E-state index contributed by atoms with van der Waals surface area (Å²) in [5, 5.41) is 5.34. The van der Waals surface area contributed by atoms with Gasteiger partial charge in [0, 0.05) is 11.1 Å². The van der Waals surface area contributed by atoms with E-state index in [1.54, 1.807) is 12.1 Å². The van der Waals surface area contributed by atoms with Crippen LogP contribution >= 0.6 is 0 Å². The Balaban J connectivity index is 1.90. The Bertz CT molecular complexity index is 954. The van der Waals surface area contributed by atoms with Crippen LogP contribution in [0, 0.1) is 6.92 Å². The van der Waals surface area contributed by atoms with Gasteiger partial charge in [0.05, 0.1) is 6.04 Å². The third-order valence-corrected chi connectivity index (χ3v) is 4.53. The lowest BCUT2D eigenvalue weighted by Gasteiger charge is -2.17. The Morgan fingerprint density at radius 2 is 1.68 bits per heavy atom. The molecule has 1 amide bonds. The largest absolute Gasteiger partial charge is 0.345 e. The van der Waals surface area contributed by atoms with Crippen LogP contribution in [0.25, 0.3) is 10.8 Å². The second-order valence-electron chi connectivity index (χ2n) is 6.35. The van der Waals surface area contributed by atoms with Gasteiger partial charge in [0.1, 0.15) is 0 Å². The van der Waals surface area contributed by atoms with E-state index in [0.717, 1.165) is 21.9 Å². The van der Waals surface area contributed by atoms with Crippen molar-refractivity contribution in [3.63, 3.8) is 0 Å². The minimum atomic E-state index is -0.166. The molecule has 25 heavy (non-hydrogen) atoms. The van der Waals surface area contributed by atoms with Gasteiger partial charge in [-0.25, -0.2) is 0 Å². The Morgan fingerprint density at radius 3 is 2.44 bits per heavy atom. The molecule has 0 spiro atoms. The van der Waals surface area contributed by atoms with Crippen LogP contribution < -0.4 is 5.32 Å². The van der Waals surface area contributed by atoms with Gasteiger partial charge in [-0.3, -0.25) is 9.59 Å². The maximum absolute atomic E-state index is 12.7. The zero-order valence-corrected chi connectivity index (χ0v) is 14.7. The molecule has 3 heteroatoms.